The molecule has 7 heteroatoms. The lowest BCUT2D eigenvalue weighted by molar-refractivity contribution is -0.134. The van der Waals surface area contributed by atoms with Gasteiger partial charge in [-0.1, -0.05) is 13.8 Å². The molecule has 0 radical (unpaired) electrons. The molecule has 0 bridgehead atoms. The molecule has 1 aliphatic rings. The van der Waals surface area contributed by atoms with Crippen molar-refractivity contribution in [2.45, 2.75) is 19.9 Å². The monoisotopic (exact) mass is 384 g/mol. The van der Waals surface area contributed by atoms with Crippen molar-refractivity contribution in [2.75, 3.05) is 31.1 Å². The second-order valence-corrected chi connectivity index (χ2v) is 7.22. The second-order valence-electron chi connectivity index (χ2n) is 7.22. The van der Waals surface area contributed by atoms with Crippen molar-refractivity contribution in [3.05, 3.63) is 60.2 Å². The molecule has 0 saturated carbocycles. The summed E-state index contributed by atoms with van der Waals surface area (Å²) in [6, 6.07) is 8.60. The Hall–Kier alpha value is -2.96. The lowest BCUT2D eigenvalue weighted by atomic mass is 10.0. The molecule has 1 aromatic carbocycles. The van der Waals surface area contributed by atoms with Gasteiger partial charge in [-0.15, -0.1) is 0 Å². The molecule has 2 amide bonds. The van der Waals surface area contributed by atoms with E-state index in [4.69, 9.17) is 0 Å². The number of piperazine rings is 1. The third kappa shape index (κ3) is 4.65. The van der Waals surface area contributed by atoms with Gasteiger partial charge in [-0.25, -0.2) is 4.39 Å². The van der Waals surface area contributed by atoms with Crippen molar-refractivity contribution in [2.24, 2.45) is 5.92 Å². The van der Waals surface area contributed by atoms with Gasteiger partial charge in [-0.05, 0) is 42.3 Å². The minimum Gasteiger partial charge on any atom is -0.368 e. The highest BCUT2D eigenvalue weighted by Crippen LogP contribution is 2.16. The zero-order chi connectivity index (χ0) is 20.1. The van der Waals surface area contributed by atoms with E-state index >= 15 is 0 Å². The van der Waals surface area contributed by atoms with Crippen molar-refractivity contribution < 1.29 is 14.0 Å². The molecule has 1 atom stereocenters. The first kappa shape index (κ1) is 19.8. The van der Waals surface area contributed by atoms with E-state index in [1.54, 1.807) is 17.3 Å². The Kier molecular flexibility index (Phi) is 6.23. The Bertz CT molecular complexity index is 803. The summed E-state index contributed by atoms with van der Waals surface area (Å²) in [4.78, 5) is 33.5. The number of aromatic nitrogens is 1. The fraction of sp³-hybridized carbons (Fsp3) is 0.381. The number of carbonyl (C=O) groups is 2. The number of nitrogens with zero attached hydrogens (tertiary/aromatic N) is 3. The smallest absolute Gasteiger partial charge is 0.251 e. The summed E-state index contributed by atoms with van der Waals surface area (Å²) in [6.07, 6.45) is 3.51. The summed E-state index contributed by atoms with van der Waals surface area (Å²) in [6.45, 7) is 6.45. The third-order valence-electron chi connectivity index (χ3n) is 4.94. The average molecular weight is 384 g/mol. The van der Waals surface area contributed by atoms with Gasteiger partial charge in [0, 0.05) is 49.8 Å². The Morgan fingerprint density at radius 1 is 1.00 bits per heavy atom. The molecule has 0 aliphatic carbocycles. The van der Waals surface area contributed by atoms with Crippen LogP contribution in [0.2, 0.25) is 0 Å². The maximum absolute atomic E-state index is 13.1. The highest BCUT2D eigenvalue weighted by Gasteiger charge is 2.31. The number of nitrogens with one attached hydrogen (secondary N) is 1. The first-order valence-corrected chi connectivity index (χ1v) is 9.46. The van der Waals surface area contributed by atoms with Crippen molar-refractivity contribution >= 4 is 17.5 Å². The number of hydrogen-bond acceptors (Lipinski definition) is 4. The zero-order valence-corrected chi connectivity index (χ0v) is 16.1. The van der Waals surface area contributed by atoms with Gasteiger partial charge < -0.3 is 15.1 Å². The molecule has 0 unspecified atom stereocenters. The van der Waals surface area contributed by atoms with Crippen molar-refractivity contribution in [3.63, 3.8) is 0 Å². The van der Waals surface area contributed by atoms with Crippen LogP contribution in [0.5, 0.6) is 0 Å². The molecule has 1 aromatic heterocycles. The van der Waals surface area contributed by atoms with E-state index in [2.05, 4.69) is 15.2 Å². The minimum atomic E-state index is -0.620. The van der Waals surface area contributed by atoms with E-state index in [0.29, 0.717) is 18.7 Å². The molecule has 3 rings (SSSR count). The van der Waals surface area contributed by atoms with Crippen molar-refractivity contribution in [1.82, 2.24) is 15.2 Å². The van der Waals surface area contributed by atoms with Crippen LogP contribution in [0, 0.1) is 11.7 Å². The number of anilines is 1. The van der Waals surface area contributed by atoms with Crippen LogP contribution in [-0.2, 0) is 4.79 Å². The fourth-order valence-electron chi connectivity index (χ4n) is 3.28. The third-order valence-corrected chi connectivity index (χ3v) is 4.94. The Balaban J connectivity index is 1.62. The molecule has 6 nitrogen and oxygen atoms in total. The van der Waals surface area contributed by atoms with Crippen molar-refractivity contribution in [3.8, 4) is 0 Å². The molecule has 148 valence electrons. The summed E-state index contributed by atoms with van der Waals surface area (Å²) in [7, 11) is 0. The number of carbonyl (C=O) groups excluding carboxylic acids is 2. The minimum absolute atomic E-state index is 0.0601. The maximum atomic E-state index is 13.1. The molecule has 2 heterocycles. The summed E-state index contributed by atoms with van der Waals surface area (Å²) < 4.78 is 13.1. The molecule has 1 saturated heterocycles. The topological polar surface area (TPSA) is 65.5 Å². The molecule has 28 heavy (non-hydrogen) atoms. The number of pyridine rings is 1. The van der Waals surface area contributed by atoms with Crippen LogP contribution in [0.25, 0.3) is 0 Å². The van der Waals surface area contributed by atoms with Gasteiger partial charge in [0.15, 0.2) is 0 Å². The molecule has 1 N–H and O–H groups in total. The number of benzene rings is 1. The molecule has 0 spiro atoms. The summed E-state index contributed by atoms with van der Waals surface area (Å²) in [5.41, 5.74) is 1.43. The number of hydrogen-bond donors (Lipinski definition) is 1. The zero-order valence-electron chi connectivity index (χ0n) is 16.1. The van der Waals surface area contributed by atoms with E-state index in [9.17, 15) is 14.0 Å². The van der Waals surface area contributed by atoms with Gasteiger partial charge in [0.1, 0.15) is 11.9 Å². The first-order valence-electron chi connectivity index (χ1n) is 9.46. The standard InChI is InChI=1S/C21H25FN4O2/c1-15(2)19(24-20(27)16-3-5-17(22)6-4-16)21(28)26-13-11-25(12-14-26)18-7-9-23-10-8-18/h3-10,15,19H,11-14H2,1-2H3,(H,24,27)/t19-/m0/s1. The van der Waals surface area contributed by atoms with Crippen molar-refractivity contribution in [1.29, 1.82) is 0 Å². The van der Waals surface area contributed by atoms with Crippen LogP contribution in [0.1, 0.15) is 24.2 Å². The van der Waals surface area contributed by atoms with Gasteiger partial charge in [-0.2, -0.15) is 0 Å². The molecule has 2 aromatic rings. The second kappa shape index (κ2) is 8.82. The fourth-order valence-corrected chi connectivity index (χ4v) is 3.28. The predicted octanol–water partition coefficient (Wildman–Crippen LogP) is 2.32. The van der Waals surface area contributed by atoms with Crippen LogP contribution >= 0.6 is 0 Å². The van der Waals surface area contributed by atoms with Gasteiger partial charge in [0.25, 0.3) is 5.91 Å². The molecular formula is C21H25FN4O2. The lowest BCUT2D eigenvalue weighted by Gasteiger charge is -2.38. The van der Waals surface area contributed by atoms with E-state index in [-0.39, 0.29) is 17.7 Å². The Morgan fingerprint density at radius 3 is 2.18 bits per heavy atom. The largest absolute Gasteiger partial charge is 0.368 e. The van der Waals surface area contributed by atoms with Crippen LogP contribution in [0.4, 0.5) is 10.1 Å². The number of halogens is 1. The van der Waals surface area contributed by atoms with Gasteiger partial charge >= 0.3 is 0 Å². The van der Waals surface area contributed by atoms with Crippen LogP contribution in [0.15, 0.2) is 48.8 Å². The van der Waals surface area contributed by atoms with E-state index < -0.39 is 11.9 Å². The number of amides is 2. The highest BCUT2D eigenvalue weighted by atomic mass is 19.1. The van der Waals surface area contributed by atoms with E-state index in [1.807, 2.05) is 26.0 Å². The first-order chi connectivity index (χ1) is 13.5. The van der Waals surface area contributed by atoms with E-state index in [1.165, 1.54) is 24.3 Å². The number of rotatable bonds is 5. The average Bonchev–Trinajstić information content (AvgIpc) is 2.72. The van der Waals surface area contributed by atoms with Gasteiger partial charge in [0.2, 0.25) is 5.91 Å². The maximum Gasteiger partial charge on any atom is 0.251 e. The SMILES string of the molecule is CC(C)[C@H](NC(=O)c1ccc(F)cc1)C(=O)N1CCN(c2ccncc2)CC1. The highest BCUT2D eigenvalue weighted by molar-refractivity contribution is 5.97. The summed E-state index contributed by atoms with van der Waals surface area (Å²) >= 11 is 0. The molecule has 1 aliphatic heterocycles. The Morgan fingerprint density at radius 2 is 1.61 bits per heavy atom. The van der Waals surface area contributed by atoms with Gasteiger partial charge in [-0.3, -0.25) is 14.6 Å². The molecular weight excluding hydrogens is 359 g/mol. The normalized spacial score (nSPS) is 15.4. The lowest BCUT2D eigenvalue weighted by Crippen LogP contribution is -2.56. The summed E-state index contributed by atoms with van der Waals surface area (Å²) in [5.74, 6) is -0.919. The van der Waals surface area contributed by atoms with Crippen LogP contribution < -0.4 is 10.2 Å². The predicted molar refractivity (Wildman–Crippen MR) is 106 cm³/mol. The van der Waals surface area contributed by atoms with Crippen LogP contribution in [-0.4, -0.2) is 53.9 Å². The summed E-state index contributed by atoms with van der Waals surface area (Å²) in [5, 5.41) is 2.82. The van der Waals surface area contributed by atoms with Gasteiger partial charge in [0.05, 0.1) is 0 Å². The Labute approximate surface area is 164 Å². The van der Waals surface area contributed by atoms with E-state index in [0.717, 1.165) is 18.8 Å². The quantitative estimate of drug-likeness (QED) is 0.859. The molecule has 1 fully saturated rings. The van der Waals surface area contributed by atoms with Crippen LogP contribution in [0.3, 0.4) is 0 Å².